The molecule has 1 heterocycles. The summed E-state index contributed by atoms with van der Waals surface area (Å²) in [5.41, 5.74) is 10.2. The molecule has 0 spiro atoms. The lowest BCUT2D eigenvalue weighted by Gasteiger charge is -2.16. The van der Waals surface area contributed by atoms with Crippen LogP contribution in [-0.4, -0.2) is 4.57 Å². The first-order valence-electron chi connectivity index (χ1n) is 15.6. The number of hydrogen-bond acceptors (Lipinski definition) is 0. The first-order valence-corrected chi connectivity index (χ1v) is 15.6. The van der Waals surface area contributed by atoms with Gasteiger partial charge in [0, 0.05) is 16.8 Å². The van der Waals surface area contributed by atoms with Gasteiger partial charge in [-0.3, -0.25) is 0 Å². The number of nitrogens with zero attached hydrogens (tertiary/aromatic N) is 1. The van der Waals surface area contributed by atoms with Crippen molar-refractivity contribution in [2.75, 3.05) is 0 Å². The molecule has 8 aromatic rings. The fourth-order valence-corrected chi connectivity index (χ4v) is 7.52. The minimum absolute atomic E-state index is 0.498. The topological polar surface area (TPSA) is 4.93 Å². The highest BCUT2D eigenvalue weighted by molar-refractivity contribution is 6.25. The molecule has 0 N–H and O–H groups in total. The third kappa shape index (κ3) is 3.79. The Balaban J connectivity index is 1.21. The van der Waals surface area contributed by atoms with Crippen LogP contribution in [0.1, 0.15) is 30.5 Å². The Bertz CT molecular complexity index is 2390. The van der Waals surface area contributed by atoms with E-state index in [0.29, 0.717) is 5.92 Å². The largest absolute Gasteiger partial charge is 0.310 e. The van der Waals surface area contributed by atoms with E-state index >= 15 is 0 Å². The van der Waals surface area contributed by atoms with Crippen molar-refractivity contribution in [1.29, 1.82) is 0 Å². The van der Waals surface area contributed by atoms with Crippen molar-refractivity contribution < 1.29 is 0 Å². The highest BCUT2D eigenvalue weighted by atomic mass is 15.0. The van der Waals surface area contributed by atoms with Crippen LogP contribution < -0.4 is 0 Å². The second-order valence-electron chi connectivity index (χ2n) is 12.2. The highest BCUT2D eigenvalue weighted by Gasteiger charge is 2.23. The standard InChI is InChI=1S/C43H31N/c1-28-11-9-20-41-43(28)39-24-22-32(27-42(39)44(41)33-14-3-2-4-15-33)30-13-10-12-29(25-30)31-21-23-38-36-18-6-5-16-34(36)35-17-7-8-19-37(35)40(38)26-31/h2-10,12-28H,11H2,1H3/t28-/m1/s1. The zero-order valence-electron chi connectivity index (χ0n) is 24.7. The molecule has 0 saturated heterocycles. The van der Waals surface area contributed by atoms with Gasteiger partial charge in [-0.25, -0.2) is 0 Å². The van der Waals surface area contributed by atoms with Gasteiger partial charge in [-0.15, -0.1) is 0 Å². The molecule has 1 aromatic heterocycles. The van der Waals surface area contributed by atoms with Gasteiger partial charge >= 0.3 is 0 Å². The fraction of sp³-hybridized carbons (Fsp3) is 0.0698. The predicted octanol–water partition coefficient (Wildman–Crippen LogP) is 11.9. The Morgan fingerprint density at radius 1 is 0.477 bits per heavy atom. The van der Waals surface area contributed by atoms with Gasteiger partial charge in [0.2, 0.25) is 0 Å². The van der Waals surface area contributed by atoms with Gasteiger partial charge in [0.05, 0.1) is 5.52 Å². The maximum atomic E-state index is 2.45. The summed E-state index contributed by atoms with van der Waals surface area (Å²) in [5.74, 6) is 0.498. The normalized spacial score (nSPS) is 14.5. The molecule has 1 atom stereocenters. The number of allylic oxidation sites excluding steroid dienone is 1. The van der Waals surface area contributed by atoms with E-state index in [2.05, 4.69) is 163 Å². The minimum atomic E-state index is 0.498. The quantitative estimate of drug-likeness (QED) is 0.189. The van der Waals surface area contributed by atoms with Gasteiger partial charge < -0.3 is 4.57 Å². The van der Waals surface area contributed by atoms with Crippen LogP contribution in [0.2, 0.25) is 0 Å². The summed E-state index contributed by atoms with van der Waals surface area (Å²) in [5, 5.41) is 9.20. The van der Waals surface area contributed by atoms with Crippen molar-refractivity contribution in [2.24, 2.45) is 0 Å². The van der Waals surface area contributed by atoms with E-state index in [0.717, 1.165) is 6.42 Å². The van der Waals surface area contributed by atoms with Crippen LogP contribution >= 0.6 is 0 Å². The molecule has 1 aliphatic rings. The van der Waals surface area contributed by atoms with Crippen molar-refractivity contribution in [3.63, 3.8) is 0 Å². The molecule has 9 rings (SSSR count). The molecule has 0 radical (unpaired) electrons. The second kappa shape index (κ2) is 9.82. The van der Waals surface area contributed by atoms with E-state index in [9.17, 15) is 0 Å². The molecule has 0 saturated carbocycles. The molecule has 1 nitrogen and oxygen atoms in total. The lowest BCUT2D eigenvalue weighted by Crippen LogP contribution is -2.02. The van der Waals surface area contributed by atoms with Crippen molar-refractivity contribution >= 4 is 49.3 Å². The van der Waals surface area contributed by atoms with Crippen molar-refractivity contribution in [2.45, 2.75) is 19.3 Å². The average Bonchev–Trinajstić information content (AvgIpc) is 3.43. The molecule has 208 valence electrons. The summed E-state index contributed by atoms with van der Waals surface area (Å²) >= 11 is 0. The van der Waals surface area contributed by atoms with E-state index in [1.807, 2.05) is 0 Å². The Morgan fingerprint density at radius 3 is 1.70 bits per heavy atom. The van der Waals surface area contributed by atoms with Crippen LogP contribution in [-0.2, 0) is 0 Å². The number of fused-ring (bicyclic) bond motifs is 9. The Labute approximate surface area is 257 Å². The van der Waals surface area contributed by atoms with Crippen molar-refractivity contribution in [3.8, 4) is 27.9 Å². The molecule has 0 aliphatic heterocycles. The van der Waals surface area contributed by atoms with E-state index in [4.69, 9.17) is 0 Å². The lowest BCUT2D eigenvalue weighted by atomic mass is 9.90. The monoisotopic (exact) mass is 561 g/mol. The van der Waals surface area contributed by atoms with Crippen LogP contribution in [0.25, 0.3) is 77.2 Å². The molecule has 1 aliphatic carbocycles. The first-order chi connectivity index (χ1) is 21.7. The van der Waals surface area contributed by atoms with Gasteiger partial charge in [-0.05, 0) is 109 Å². The second-order valence-corrected chi connectivity index (χ2v) is 12.2. The fourth-order valence-electron chi connectivity index (χ4n) is 7.52. The third-order valence-corrected chi connectivity index (χ3v) is 9.59. The Morgan fingerprint density at radius 2 is 1.02 bits per heavy atom. The van der Waals surface area contributed by atoms with E-state index in [1.165, 1.54) is 82.4 Å². The average molecular weight is 562 g/mol. The van der Waals surface area contributed by atoms with Crippen molar-refractivity contribution in [1.82, 2.24) is 4.57 Å². The van der Waals surface area contributed by atoms with Crippen molar-refractivity contribution in [3.05, 3.63) is 157 Å². The number of benzene rings is 7. The van der Waals surface area contributed by atoms with Crippen LogP contribution in [0.4, 0.5) is 0 Å². The number of aromatic nitrogens is 1. The van der Waals surface area contributed by atoms with Gasteiger partial charge in [0.25, 0.3) is 0 Å². The van der Waals surface area contributed by atoms with E-state index in [-0.39, 0.29) is 0 Å². The van der Waals surface area contributed by atoms with Crippen LogP contribution in [0.5, 0.6) is 0 Å². The maximum absolute atomic E-state index is 2.45. The summed E-state index contributed by atoms with van der Waals surface area (Å²) < 4.78 is 2.45. The zero-order chi connectivity index (χ0) is 29.2. The molecule has 1 heteroatoms. The Hall–Kier alpha value is -5.40. The summed E-state index contributed by atoms with van der Waals surface area (Å²) in [7, 11) is 0. The van der Waals surface area contributed by atoms with E-state index in [1.54, 1.807) is 0 Å². The van der Waals surface area contributed by atoms with E-state index < -0.39 is 0 Å². The smallest absolute Gasteiger partial charge is 0.0543 e. The number of rotatable bonds is 3. The molecule has 7 aromatic carbocycles. The van der Waals surface area contributed by atoms with Crippen LogP contribution in [0, 0.1) is 0 Å². The third-order valence-electron chi connectivity index (χ3n) is 9.59. The summed E-state index contributed by atoms with van der Waals surface area (Å²) in [6, 6.07) is 51.4. The summed E-state index contributed by atoms with van der Waals surface area (Å²) in [6.45, 7) is 2.35. The van der Waals surface area contributed by atoms with Crippen LogP contribution in [0.3, 0.4) is 0 Å². The summed E-state index contributed by atoms with van der Waals surface area (Å²) in [4.78, 5) is 0. The van der Waals surface area contributed by atoms with Gasteiger partial charge in [0.15, 0.2) is 0 Å². The minimum Gasteiger partial charge on any atom is -0.310 e. The molecular weight excluding hydrogens is 530 g/mol. The first kappa shape index (κ1) is 25.1. The van der Waals surface area contributed by atoms with Gasteiger partial charge in [0.1, 0.15) is 0 Å². The number of hydrogen-bond donors (Lipinski definition) is 0. The predicted molar refractivity (Wildman–Crippen MR) is 189 cm³/mol. The molecular formula is C43H31N. The van der Waals surface area contributed by atoms with Gasteiger partial charge in [-0.1, -0.05) is 122 Å². The molecule has 0 fully saturated rings. The van der Waals surface area contributed by atoms with Crippen LogP contribution in [0.15, 0.2) is 146 Å². The number of para-hydroxylation sites is 1. The molecule has 0 amide bonds. The Kier molecular flexibility index (Phi) is 5.61. The molecule has 0 bridgehead atoms. The molecule has 0 unspecified atom stereocenters. The zero-order valence-corrected chi connectivity index (χ0v) is 24.7. The SMILES string of the molecule is C[C@@H]1CC=Cc2c1c1ccc(-c3cccc(-c4ccc5c6ccccc6c6ccccc6c5c4)c3)cc1n2-c1ccccc1. The lowest BCUT2D eigenvalue weighted by molar-refractivity contribution is 0.773. The maximum Gasteiger partial charge on any atom is 0.0543 e. The summed E-state index contributed by atoms with van der Waals surface area (Å²) in [6.07, 6.45) is 5.72. The highest BCUT2D eigenvalue weighted by Crippen LogP contribution is 2.42. The van der Waals surface area contributed by atoms with Gasteiger partial charge in [-0.2, -0.15) is 0 Å². The molecule has 44 heavy (non-hydrogen) atoms.